The van der Waals surface area contributed by atoms with Crippen molar-refractivity contribution in [1.29, 1.82) is 0 Å². The first-order valence-electron chi connectivity index (χ1n) is 5.71. The van der Waals surface area contributed by atoms with E-state index in [-0.39, 0.29) is 24.0 Å². The number of allylic oxidation sites excluding steroid dienone is 1. The summed E-state index contributed by atoms with van der Waals surface area (Å²) < 4.78 is 0. The van der Waals surface area contributed by atoms with E-state index in [0.717, 1.165) is 0 Å². The summed E-state index contributed by atoms with van der Waals surface area (Å²) in [6.45, 7) is 7.33. The summed E-state index contributed by atoms with van der Waals surface area (Å²) in [6, 6.07) is -0.556. The highest BCUT2D eigenvalue weighted by Crippen LogP contribution is 2.10. The van der Waals surface area contributed by atoms with E-state index in [9.17, 15) is 9.59 Å². The van der Waals surface area contributed by atoms with Gasteiger partial charge in [0.2, 0.25) is 0 Å². The molecule has 0 aromatic heterocycles. The second-order valence-corrected chi connectivity index (χ2v) is 4.46. The van der Waals surface area contributed by atoms with E-state index in [1.54, 1.807) is 32.1 Å². The first kappa shape index (κ1) is 13.3. The molecule has 17 heavy (non-hydrogen) atoms. The topological polar surface area (TPSA) is 49.4 Å². The molecule has 0 bridgehead atoms. The molecule has 0 fully saturated rings. The maximum atomic E-state index is 12.1. The second kappa shape index (κ2) is 5.51. The second-order valence-electron chi connectivity index (χ2n) is 4.46. The maximum absolute atomic E-state index is 12.1. The molecule has 0 atom stereocenters. The molecule has 0 heterocycles. The molecular weight excluding hydrogens is 216 g/mol. The van der Waals surface area contributed by atoms with Crippen molar-refractivity contribution in [3.05, 3.63) is 29.5 Å². The van der Waals surface area contributed by atoms with Gasteiger partial charge < -0.3 is 5.32 Å². The number of imide groups is 1. The van der Waals surface area contributed by atoms with Gasteiger partial charge in [-0.25, -0.2) is 4.79 Å². The van der Waals surface area contributed by atoms with Crippen LogP contribution in [0.25, 0.3) is 0 Å². The molecule has 92 valence electrons. The number of hydrogen-bond acceptors (Lipinski definition) is 2. The molecule has 0 saturated heterocycles. The minimum absolute atomic E-state index is 0.000178. The number of urea groups is 1. The first-order chi connectivity index (χ1) is 7.93. The van der Waals surface area contributed by atoms with E-state index in [0.29, 0.717) is 5.57 Å². The molecule has 0 radical (unpaired) electrons. The van der Waals surface area contributed by atoms with Crippen LogP contribution in [-0.4, -0.2) is 28.9 Å². The van der Waals surface area contributed by atoms with E-state index in [1.165, 1.54) is 4.90 Å². The SMILES string of the molecule is CC(C)NC(=O)N(C(=O)C1=C=CC=C1)C(C)C. The van der Waals surface area contributed by atoms with Gasteiger partial charge in [0.1, 0.15) is 0 Å². The highest BCUT2D eigenvalue weighted by Gasteiger charge is 2.26. The van der Waals surface area contributed by atoms with E-state index < -0.39 is 0 Å². The highest BCUT2D eigenvalue weighted by molar-refractivity contribution is 6.06. The minimum atomic E-state index is -0.366. The van der Waals surface area contributed by atoms with E-state index in [2.05, 4.69) is 11.0 Å². The summed E-state index contributed by atoms with van der Waals surface area (Å²) >= 11 is 0. The summed E-state index contributed by atoms with van der Waals surface area (Å²) in [4.78, 5) is 25.2. The first-order valence-corrected chi connectivity index (χ1v) is 5.71. The number of nitrogens with one attached hydrogen (secondary N) is 1. The Hall–Kier alpha value is -1.80. The summed E-state index contributed by atoms with van der Waals surface area (Å²) in [5.41, 5.74) is 3.22. The molecule has 1 aliphatic rings. The summed E-state index contributed by atoms with van der Waals surface area (Å²) in [6.07, 6.45) is 5.04. The fourth-order valence-electron chi connectivity index (χ4n) is 1.47. The van der Waals surface area contributed by atoms with Crippen molar-refractivity contribution in [2.45, 2.75) is 39.8 Å². The van der Waals surface area contributed by atoms with Gasteiger partial charge in [-0.3, -0.25) is 9.69 Å². The van der Waals surface area contributed by atoms with Crippen LogP contribution >= 0.6 is 0 Å². The quantitative estimate of drug-likeness (QED) is 0.759. The van der Waals surface area contributed by atoms with Crippen molar-refractivity contribution in [3.8, 4) is 0 Å². The molecular formula is C13H18N2O2. The fraction of sp³-hybridized carbons (Fsp3) is 0.462. The average Bonchev–Trinajstić information content (AvgIpc) is 2.67. The lowest BCUT2D eigenvalue weighted by atomic mass is 10.2. The lowest BCUT2D eigenvalue weighted by Crippen LogP contribution is -2.49. The number of hydrogen-bond donors (Lipinski definition) is 1. The summed E-state index contributed by atoms with van der Waals surface area (Å²) in [5.74, 6) is -0.317. The summed E-state index contributed by atoms with van der Waals surface area (Å²) in [5, 5.41) is 2.72. The standard InChI is InChI=1S/C13H18N2O2/c1-9(2)14-13(17)15(10(3)4)12(16)11-7-5-6-8-11/h5-7,9-10H,1-4H3,(H,14,17). The van der Waals surface area contributed by atoms with Gasteiger partial charge in [-0.15, -0.1) is 5.73 Å². The summed E-state index contributed by atoms with van der Waals surface area (Å²) in [7, 11) is 0. The molecule has 0 aliphatic heterocycles. The molecule has 0 aromatic carbocycles. The molecule has 0 aromatic rings. The van der Waals surface area contributed by atoms with Gasteiger partial charge in [-0.05, 0) is 39.8 Å². The van der Waals surface area contributed by atoms with Crippen molar-refractivity contribution in [2.24, 2.45) is 0 Å². The number of carbonyl (C=O) groups excluding carboxylic acids is 2. The van der Waals surface area contributed by atoms with Crippen LogP contribution in [0.1, 0.15) is 27.7 Å². The Balaban J connectivity index is 2.86. The van der Waals surface area contributed by atoms with Crippen LogP contribution in [0, 0.1) is 0 Å². The number of carbonyl (C=O) groups is 2. The lowest BCUT2D eigenvalue weighted by Gasteiger charge is -2.25. The van der Waals surface area contributed by atoms with Gasteiger partial charge in [0.15, 0.2) is 0 Å². The zero-order valence-corrected chi connectivity index (χ0v) is 10.7. The Morgan fingerprint density at radius 1 is 1.29 bits per heavy atom. The predicted octanol–water partition coefficient (Wildman–Crippen LogP) is 1.99. The van der Waals surface area contributed by atoms with Crippen molar-refractivity contribution in [1.82, 2.24) is 10.2 Å². The van der Waals surface area contributed by atoms with Gasteiger partial charge in [0, 0.05) is 12.1 Å². The van der Waals surface area contributed by atoms with Gasteiger partial charge in [0.05, 0.1) is 5.57 Å². The van der Waals surface area contributed by atoms with Crippen LogP contribution in [0.5, 0.6) is 0 Å². The Kier molecular flexibility index (Phi) is 4.30. The molecule has 0 spiro atoms. The van der Waals surface area contributed by atoms with Crippen LogP contribution < -0.4 is 5.32 Å². The van der Waals surface area contributed by atoms with Crippen LogP contribution in [-0.2, 0) is 4.79 Å². The van der Waals surface area contributed by atoms with Crippen molar-refractivity contribution < 1.29 is 9.59 Å². The van der Waals surface area contributed by atoms with Crippen molar-refractivity contribution in [3.63, 3.8) is 0 Å². The predicted molar refractivity (Wildman–Crippen MR) is 66.4 cm³/mol. The van der Waals surface area contributed by atoms with Crippen LogP contribution in [0.3, 0.4) is 0 Å². The molecule has 1 aliphatic carbocycles. The van der Waals surface area contributed by atoms with Crippen LogP contribution in [0.15, 0.2) is 29.5 Å². The van der Waals surface area contributed by atoms with Crippen molar-refractivity contribution in [2.75, 3.05) is 0 Å². The largest absolute Gasteiger partial charge is 0.335 e. The number of rotatable bonds is 3. The minimum Gasteiger partial charge on any atom is -0.335 e. The molecule has 0 saturated carbocycles. The maximum Gasteiger partial charge on any atom is 0.324 e. The molecule has 3 amide bonds. The third-order valence-electron chi connectivity index (χ3n) is 2.19. The van der Waals surface area contributed by atoms with Gasteiger partial charge >= 0.3 is 6.03 Å². The highest BCUT2D eigenvalue weighted by atomic mass is 16.2. The van der Waals surface area contributed by atoms with Crippen LogP contribution in [0.2, 0.25) is 0 Å². The molecule has 1 rings (SSSR count). The van der Waals surface area contributed by atoms with Gasteiger partial charge in [-0.2, -0.15) is 0 Å². The molecule has 4 nitrogen and oxygen atoms in total. The third-order valence-corrected chi connectivity index (χ3v) is 2.19. The molecule has 1 N–H and O–H groups in total. The third kappa shape index (κ3) is 3.33. The fourth-order valence-corrected chi connectivity index (χ4v) is 1.47. The van der Waals surface area contributed by atoms with Crippen LogP contribution in [0.4, 0.5) is 4.79 Å². The van der Waals surface area contributed by atoms with E-state index in [1.807, 2.05) is 13.8 Å². The monoisotopic (exact) mass is 234 g/mol. The average molecular weight is 234 g/mol. The van der Waals surface area contributed by atoms with Gasteiger partial charge in [0.25, 0.3) is 5.91 Å². The van der Waals surface area contributed by atoms with Crippen molar-refractivity contribution >= 4 is 11.9 Å². The Labute approximate surface area is 102 Å². The lowest BCUT2D eigenvalue weighted by molar-refractivity contribution is -0.125. The number of amides is 3. The normalized spacial score (nSPS) is 13.2. The van der Waals surface area contributed by atoms with E-state index >= 15 is 0 Å². The Bertz CT molecular complexity index is 413. The zero-order chi connectivity index (χ0) is 13.0. The molecule has 4 heteroatoms. The Morgan fingerprint density at radius 2 is 1.94 bits per heavy atom. The van der Waals surface area contributed by atoms with Gasteiger partial charge in [-0.1, -0.05) is 6.08 Å². The smallest absolute Gasteiger partial charge is 0.324 e. The number of nitrogens with zero attached hydrogens (tertiary/aromatic N) is 1. The Morgan fingerprint density at radius 3 is 2.35 bits per heavy atom. The van der Waals surface area contributed by atoms with E-state index in [4.69, 9.17) is 0 Å². The molecule has 0 unspecified atom stereocenters. The zero-order valence-electron chi connectivity index (χ0n) is 10.7.